The molecule has 3 aromatic rings. The number of thiazole rings is 1. The molecule has 0 saturated carbocycles. The van der Waals surface area contributed by atoms with Crippen molar-refractivity contribution in [2.45, 2.75) is 13.8 Å². The monoisotopic (exact) mass is 474 g/mol. The molecule has 1 saturated heterocycles. The molecule has 0 atom stereocenters. The second kappa shape index (κ2) is 8.42. The molecule has 1 aromatic heterocycles. The maximum absolute atomic E-state index is 13.3. The molecule has 3 heterocycles. The molecule has 1 fully saturated rings. The predicted molar refractivity (Wildman–Crippen MR) is 131 cm³/mol. The average Bonchev–Trinajstić information content (AvgIpc) is 3.48. The van der Waals surface area contributed by atoms with Crippen molar-refractivity contribution in [1.29, 1.82) is 0 Å². The normalized spacial score (nSPS) is 19.0. The summed E-state index contributed by atoms with van der Waals surface area (Å²) in [7, 11) is 0. The Kier molecular flexibility index (Phi) is 5.43. The highest BCUT2D eigenvalue weighted by Gasteiger charge is 2.43. The highest BCUT2D eigenvalue weighted by Crippen LogP contribution is 2.45. The number of hydrogen-bond acceptors (Lipinski definition) is 7. The van der Waals surface area contributed by atoms with E-state index in [0.29, 0.717) is 28.1 Å². The minimum atomic E-state index is -0.488. The first-order valence-electron chi connectivity index (χ1n) is 10.3. The topological polar surface area (TPSA) is 82.9 Å². The molecule has 0 spiro atoms. The van der Waals surface area contributed by atoms with Crippen LogP contribution in [-0.2, 0) is 14.4 Å². The fraction of sp³-hybridized carbons (Fsp3) is 0.125. The first-order chi connectivity index (χ1) is 16.0. The fourth-order valence-corrected chi connectivity index (χ4v) is 5.69. The summed E-state index contributed by atoms with van der Waals surface area (Å²) >= 11 is 2.53. The van der Waals surface area contributed by atoms with Gasteiger partial charge < -0.3 is 0 Å². The zero-order chi connectivity index (χ0) is 23.1. The lowest BCUT2D eigenvalue weighted by atomic mass is 10.1. The lowest BCUT2D eigenvalue weighted by molar-refractivity contribution is -0.124. The average molecular weight is 475 g/mol. The van der Waals surface area contributed by atoms with Crippen LogP contribution in [0, 0.1) is 0 Å². The van der Waals surface area contributed by atoms with Crippen LogP contribution in [-0.4, -0.2) is 39.3 Å². The number of likely N-dealkylation sites (N-methyl/N-ethyl adjacent to an activating group) is 1. The molecule has 2 aromatic carbocycles. The van der Waals surface area contributed by atoms with Crippen molar-refractivity contribution >= 4 is 62.4 Å². The van der Waals surface area contributed by atoms with Crippen molar-refractivity contribution in [2.24, 2.45) is 4.99 Å². The summed E-state index contributed by atoms with van der Waals surface area (Å²) in [6.45, 7) is 3.58. The number of hydrogen-bond donors (Lipinski definition) is 0. The molecule has 2 aliphatic heterocycles. The molecule has 7 nitrogen and oxygen atoms in total. The van der Waals surface area contributed by atoms with Gasteiger partial charge in [-0.2, -0.15) is 4.99 Å². The zero-order valence-electron chi connectivity index (χ0n) is 17.8. The number of benzene rings is 2. The van der Waals surface area contributed by atoms with Crippen molar-refractivity contribution in [2.75, 3.05) is 11.4 Å². The molecular formula is C24H18N4O3S2. The minimum Gasteiger partial charge on any atom is -0.287 e. The number of aliphatic imine (C=N–C) groups is 1. The van der Waals surface area contributed by atoms with Crippen molar-refractivity contribution in [3.05, 3.63) is 70.4 Å². The van der Waals surface area contributed by atoms with Crippen LogP contribution in [0.15, 0.2) is 69.9 Å². The lowest BCUT2D eigenvalue weighted by Crippen LogP contribution is -2.32. The van der Waals surface area contributed by atoms with Gasteiger partial charge in [-0.25, -0.2) is 9.88 Å². The summed E-state index contributed by atoms with van der Waals surface area (Å²) in [5.41, 5.74) is 3.11. The number of amidine groups is 1. The largest absolute Gasteiger partial charge is 0.287 e. The van der Waals surface area contributed by atoms with Gasteiger partial charge in [-0.05, 0) is 24.8 Å². The van der Waals surface area contributed by atoms with Gasteiger partial charge in [0.05, 0.1) is 21.9 Å². The second-order valence-electron chi connectivity index (χ2n) is 7.31. The van der Waals surface area contributed by atoms with E-state index in [1.807, 2.05) is 42.6 Å². The van der Waals surface area contributed by atoms with Crippen molar-refractivity contribution < 1.29 is 14.4 Å². The quantitative estimate of drug-likeness (QED) is 0.514. The van der Waals surface area contributed by atoms with E-state index in [1.165, 1.54) is 23.2 Å². The third-order valence-electron chi connectivity index (χ3n) is 5.31. The Morgan fingerprint density at radius 1 is 1.03 bits per heavy atom. The molecule has 9 heteroatoms. The number of rotatable bonds is 3. The molecule has 0 radical (unpaired) electrons. The summed E-state index contributed by atoms with van der Waals surface area (Å²) < 4.78 is 0. The van der Waals surface area contributed by atoms with E-state index in [1.54, 1.807) is 24.3 Å². The van der Waals surface area contributed by atoms with E-state index in [4.69, 9.17) is 0 Å². The van der Waals surface area contributed by atoms with Gasteiger partial charge in [0, 0.05) is 30.0 Å². The Morgan fingerprint density at radius 2 is 1.76 bits per heavy atom. The smallest absolute Gasteiger partial charge is 0.267 e. The number of nitrogens with zero attached hydrogens (tertiary/aromatic N) is 4. The van der Waals surface area contributed by atoms with Gasteiger partial charge in [-0.1, -0.05) is 48.5 Å². The predicted octanol–water partition coefficient (Wildman–Crippen LogP) is 4.70. The van der Waals surface area contributed by atoms with E-state index in [9.17, 15) is 14.4 Å². The number of thioether (sulfide) groups is 1. The summed E-state index contributed by atoms with van der Waals surface area (Å²) in [6.07, 6.45) is 0. The molecule has 3 amide bonds. The number of para-hydroxylation sites is 1. The zero-order valence-corrected chi connectivity index (χ0v) is 19.4. The van der Waals surface area contributed by atoms with E-state index >= 15 is 0 Å². The van der Waals surface area contributed by atoms with Crippen molar-refractivity contribution in [1.82, 2.24) is 9.88 Å². The Labute approximate surface area is 198 Å². The number of fused-ring (bicyclic) bond motifs is 1. The Balaban J connectivity index is 1.56. The van der Waals surface area contributed by atoms with E-state index < -0.39 is 11.8 Å². The number of aromatic nitrogens is 1. The number of carbonyl (C=O) groups is 3. The first kappa shape index (κ1) is 21.3. The SMILES string of the molecule is CCN1C(=O)/C(=C2/C(=O)N(C(C)=O)c3ccccc32)S/C1=N/c1nc(-c2ccccc2)cs1. The fourth-order valence-electron chi connectivity index (χ4n) is 3.81. The van der Waals surface area contributed by atoms with Crippen LogP contribution in [0.3, 0.4) is 0 Å². The van der Waals surface area contributed by atoms with E-state index in [-0.39, 0.29) is 16.4 Å². The lowest BCUT2D eigenvalue weighted by Gasteiger charge is -2.12. The van der Waals surface area contributed by atoms with Crippen LogP contribution in [0.25, 0.3) is 16.8 Å². The third kappa shape index (κ3) is 3.59. The molecule has 2 aliphatic rings. The van der Waals surface area contributed by atoms with Gasteiger partial charge in [0.2, 0.25) is 11.0 Å². The van der Waals surface area contributed by atoms with E-state index in [2.05, 4.69) is 9.98 Å². The molecular weight excluding hydrogens is 456 g/mol. The van der Waals surface area contributed by atoms with Gasteiger partial charge in [0.25, 0.3) is 11.8 Å². The maximum Gasteiger partial charge on any atom is 0.267 e. The molecule has 0 N–H and O–H groups in total. The first-order valence-corrected chi connectivity index (χ1v) is 12.0. The van der Waals surface area contributed by atoms with Crippen LogP contribution >= 0.6 is 23.1 Å². The Morgan fingerprint density at radius 3 is 2.48 bits per heavy atom. The van der Waals surface area contributed by atoms with Crippen LogP contribution in [0.4, 0.5) is 10.8 Å². The molecule has 33 heavy (non-hydrogen) atoms. The highest BCUT2D eigenvalue weighted by molar-refractivity contribution is 8.18. The third-order valence-corrected chi connectivity index (χ3v) is 7.12. The number of amides is 3. The van der Waals surface area contributed by atoms with Crippen LogP contribution in [0.5, 0.6) is 0 Å². The van der Waals surface area contributed by atoms with Crippen molar-refractivity contribution in [3.8, 4) is 11.3 Å². The van der Waals surface area contributed by atoms with E-state index in [0.717, 1.165) is 27.9 Å². The van der Waals surface area contributed by atoms with Gasteiger partial charge in [-0.15, -0.1) is 11.3 Å². The summed E-state index contributed by atoms with van der Waals surface area (Å²) in [5, 5.41) is 2.91. The van der Waals surface area contributed by atoms with Gasteiger partial charge >= 0.3 is 0 Å². The molecule has 5 rings (SSSR count). The van der Waals surface area contributed by atoms with Gasteiger partial charge in [0.15, 0.2) is 5.17 Å². The minimum absolute atomic E-state index is 0.239. The Bertz CT molecular complexity index is 1360. The number of anilines is 1. The molecule has 0 unspecified atom stereocenters. The highest BCUT2D eigenvalue weighted by atomic mass is 32.2. The van der Waals surface area contributed by atoms with Crippen LogP contribution < -0.4 is 4.90 Å². The molecule has 164 valence electrons. The standard InChI is InChI=1S/C24H18N4O3S2/c1-3-27-22(31)20(19-16-11-7-8-12-18(16)28(14(2)29)21(19)30)33-24(27)26-23-25-17(13-32-23)15-9-5-4-6-10-15/h4-13H,3H2,1-2H3/b20-19-,26-24+. The van der Waals surface area contributed by atoms with Gasteiger partial charge in [-0.3, -0.25) is 19.3 Å². The Hall–Kier alpha value is -3.56. The van der Waals surface area contributed by atoms with Crippen molar-refractivity contribution in [3.63, 3.8) is 0 Å². The van der Waals surface area contributed by atoms with Gasteiger partial charge in [0.1, 0.15) is 0 Å². The number of carbonyl (C=O) groups excluding carboxylic acids is 3. The van der Waals surface area contributed by atoms with Crippen LogP contribution in [0.2, 0.25) is 0 Å². The van der Waals surface area contributed by atoms with Crippen LogP contribution in [0.1, 0.15) is 19.4 Å². The maximum atomic E-state index is 13.3. The summed E-state index contributed by atoms with van der Waals surface area (Å²) in [4.78, 5) is 50.7. The molecule has 0 aliphatic carbocycles. The second-order valence-corrected chi connectivity index (χ2v) is 9.12. The number of imide groups is 1. The summed E-state index contributed by atoms with van der Waals surface area (Å²) in [5.74, 6) is -1.18. The molecule has 0 bridgehead atoms. The summed E-state index contributed by atoms with van der Waals surface area (Å²) in [6, 6.07) is 16.8.